The third-order valence-electron chi connectivity index (χ3n) is 4.38. The molecule has 0 aliphatic heterocycles. The van der Waals surface area contributed by atoms with Crippen LogP contribution in [0.15, 0.2) is 44.5 Å². The zero-order chi connectivity index (χ0) is 21.2. The first-order valence-electron chi connectivity index (χ1n) is 8.88. The maximum absolute atomic E-state index is 12.6. The number of nitrogens with one attached hydrogen (secondary N) is 1. The van der Waals surface area contributed by atoms with Crippen LogP contribution in [-0.2, 0) is 14.8 Å². The summed E-state index contributed by atoms with van der Waals surface area (Å²) >= 11 is 0. The van der Waals surface area contributed by atoms with Crippen LogP contribution in [0.2, 0.25) is 0 Å². The van der Waals surface area contributed by atoms with Gasteiger partial charge >= 0.3 is 0 Å². The van der Waals surface area contributed by atoms with Gasteiger partial charge < -0.3 is 9.26 Å². The minimum Gasteiger partial charge on any atom is -0.383 e. The Morgan fingerprint density at radius 1 is 1.17 bits per heavy atom. The van der Waals surface area contributed by atoms with Gasteiger partial charge in [-0.1, -0.05) is 17.3 Å². The van der Waals surface area contributed by atoms with Gasteiger partial charge in [-0.25, -0.2) is 13.1 Å². The van der Waals surface area contributed by atoms with Gasteiger partial charge in [0.05, 0.1) is 17.2 Å². The minimum absolute atomic E-state index is 0.142. The summed E-state index contributed by atoms with van der Waals surface area (Å²) < 4.78 is 39.0. The highest BCUT2D eigenvalue weighted by Crippen LogP contribution is 2.24. The molecule has 0 spiro atoms. The van der Waals surface area contributed by atoms with Crippen LogP contribution in [0.1, 0.15) is 17.0 Å². The maximum atomic E-state index is 12.6. The summed E-state index contributed by atoms with van der Waals surface area (Å²) in [4.78, 5) is 12.5. The second kappa shape index (κ2) is 8.27. The van der Waals surface area contributed by atoms with Crippen molar-refractivity contribution in [3.8, 4) is 16.9 Å². The van der Waals surface area contributed by atoms with E-state index in [0.717, 1.165) is 0 Å². The predicted molar refractivity (Wildman–Crippen MR) is 107 cm³/mol. The summed E-state index contributed by atoms with van der Waals surface area (Å²) in [5.41, 5.74) is 2.25. The molecule has 3 rings (SSSR count). The number of aryl methyl sites for hydroxylation is 3. The van der Waals surface area contributed by atoms with Gasteiger partial charge in [0.1, 0.15) is 11.4 Å². The molecule has 2 aromatic heterocycles. The lowest BCUT2D eigenvalue weighted by molar-refractivity contribution is 0.204. The van der Waals surface area contributed by atoms with Crippen LogP contribution in [-0.4, -0.2) is 43.6 Å². The van der Waals surface area contributed by atoms with Gasteiger partial charge in [0.2, 0.25) is 10.0 Å². The number of sulfonamides is 1. The summed E-state index contributed by atoms with van der Waals surface area (Å²) in [5.74, 6) is 0.462. The molecule has 29 heavy (non-hydrogen) atoms. The molecule has 154 valence electrons. The molecule has 0 fully saturated rings. The van der Waals surface area contributed by atoms with E-state index in [0.29, 0.717) is 34.0 Å². The second-order valence-corrected chi connectivity index (χ2v) is 8.25. The Morgan fingerprint density at radius 3 is 2.59 bits per heavy atom. The zero-order valence-electron chi connectivity index (χ0n) is 16.6. The van der Waals surface area contributed by atoms with Gasteiger partial charge in [0.25, 0.3) is 5.56 Å². The number of hydrogen-bond acceptors (Lipinski definition) is 7. The number of benzene rings is 1. The number of rotatable bonds is 7. The molecule has 0 unspecified atom stereocenters. The van der Waals surface area contributed by atoms with Crippen molar-refractivity contribution in [1.29, 1.82) is 0 Å². The smallest absolute Gasteiger partial charge is 0.271 e. The number of ether oxygens (including phenoxy) is 1. The quantitative estimate of drug-likeness (QED) is 0.581. The first kappa shape index (κ1) is 20.9. The molecule has 3 aromatic rings. The first-order valence-corrected chi connectivity index (χ1v) is 10.4. The van der Waals surface area contributed by atoms with Crippen molar-refractivity contribution in [2.45, 2.75) is 25.7 Å². The Morgan fingerprint density at radius 2 is 1.93 bits per heavy atom. The molecule has 0 atom stereocenters. The lowest BCUT2D eigenvalue weighted by atomic mass is 10.1. The Hall–Kier alpha value is -2.82. The third-order valence-corrected chi connectivity index (χ3v) is 5.98. The van der Waals surface area contributed by atoms with Gasteiger partial charge in [-0.2, -0.15) is 9.78 Å². The van der Waals surface area contributed by atoms with Crippen LogP contribution in [0.4, 0.5) is 0 Å². The SMILES string of the molecule is COCCNS(=O)(=O)c1cc(-c2ccc(=O)n(-c3c(C)noc3C)n2)ccc1C. The topological polar surface area (TPSA) is 116 Å². The van der Waals surface area contributed by atoms with Crippen LogP contribution in [0, 0.1) is 20.8 Å². The molecule has 9 nitrogen and oxygen atoms in total. The van der Waals surface area contributed by atoms with Crippen molar-refractivity contribution in [1.82, 2.24) is 19.7 Å². The highest BCUT2D eigenvalue weighted by molar-refractivity contribution is 7.89. The number of nitrogens with zero attached hydrogens (tertiary/aromatic N) is 3. The van der Waals surface area contributed by atoms with E-state index in [-0.39, 0.29) is 23.6 Å². The Bertz CT molecular complexity index is 1180. The van der Waals surface area contributed by atoms with E-state index in [9.17, 15) is 13.2 Å². The lowest BCUT2D eigenvalue weighted by Crippen LogP contribution is -2.27. The van der Waals surface area contributed by atoms with E-state index in [1.54, 1.807) is 39.0 Å². The average Bonchev–Trinajstić information content (AvgIpc) is 3.01. The average molecular weight is 418 g/mol. The summed E-state index contributed by atoms with van der Waals surface area (Å²) in [7, 11) is -2.22. The predicted octanol–water partition coefficient (Wildman–Crippen LogP) is 1.74. The third kappa shape index (κ3) is 4.29. The van der Waals surface area contributed by atoms with Gasteiger partial charge in [-0.05, 0) is 38.5 Å². The number of methoxy groups -OCH3 is 1. The highest BCUT2D eigenvalue weighted by atomic mass is 32.2. The van der Waals surface area contributed by atoms with E-state index < -0.39 is 10.0 Å². The zero-order valence-corrected chi connectivity index (χ0v) is 17.4. The summed E-state index contributed by atoms with van der Waals surface area (Å²) in [6.45, 7) is 5.56. The second-order valence-electron chi connectivity index (χ2n) is 6.51. The molecule has 0 aliphatic rings. The molecule has 0 aliphatic carbocycles. The minimum atomic E-state index is -3.72. The van der Waals surface area contributed by atoms with E-state index in [1.165, 1.54) is 23.9 Å². The molecular formula is C19H22N4O5S. The van der Waals surface area contributed by atoms with E-state index >= 15 is 0 Å². The molecule has 2 heterocycles. The number of aromatic nitrogens is 3. The van der Waals surface area contributed by atoms with Crippen molar-refractivity contribution in [2.24, 2.45) is 0 Å². The molecular weight excluding hydrogens is 396 g/mol. The molecule has 10 heteroatoms. The maximum Gasteiger partial charge on any atom is 0.271 e. The van der Waals surface area contributed by atoms with Gasteiger partial charge in [-0.15, -0.1) is 0 Å². The summed E-state index contributed by atoms with van der Waals surface area (Å²) in [6, 6.07) is 7.92. The molecule has 1 N–H and O–H groups in total. The molecule has 1 aromatic carbocycles. The lowest BCUT2D eigenvalue weighted by Gasteiger charge is -2.12. The standard InChI is InChI=1S/C19H22N4O5S/c1-12-5-6-15(11-17(12)29(25,26)20-9-10-27-4)16-7-8-18(24)23(21-16)19-13(2)22-28-14(19)3/h5-8,11,20H,9-10H2,1-4H3. The Labute approximate surface area is 168 Å². The fourth-order valence-corrected chi connectivity index (χ4v) is 4.19. The first-order chi connectivity index (χ1) is 13.7. The Kier molecular flexibility index (Phi) is 5.96. The van der Waals surface area contributed by atoms with Crippen molar-refractivity contribution in [3.05, 3.63) is 57.7 Å². The summed E-state index contributed by atoms with van der Waals surface area (Å²) in [5, 5.41) is 8.26. The van der Waals surface area contributed by atoms with Crippen molar-refractivity contribution >= 4 is 10.0 Å². The van der Waals surface area contributed by atoms with E-state index in [2.05, 4.69) is 15.0 Å². The number of hydrogen-bond donors (Lipinski definition) is 1. The van der Waals surface area contributed by atoms with E-state index in [4.69, 9.17) is 9.26 Å². The van der Waals surface area contributed by atoms with Crippen LogP contribution < -0.4 is 10.3 Å². The summed E-state index contributed by atoms with van der Waals surface area (Å²) in [6.07, 6.45) is 0. The Balaban J connectivity index is 2.07. The fourth-order valence-electron chi connectivity index (χ4n) is 2.91. The van der Waals surface area contributed by atoms with Crippen molar-refractivity contribution in [2.75, 3.05) is 20.3 Å². The molecule has 0 saturated carbocycles. The van der Waals surface area contributed by atoms with Crippen molar-refractivity contribution < 1.29 is 17.7 Å². The van der Waals surface area contributed by atoms with Gasteiger partial charge in [-0.3, -0.25) is 4.79 Å². The van der Waals surface area contributed by atoms with Crippen molar-refractivity contribution in [3.63, 3.8) is 0 Å². The molecule has 0 radical (unpaired) electrons. The van der Waals surface area contributed by atoms with Crippen LogP contribution in [0.3, 0.4) is 0 Å². The normalized spacial score (nSPS) is 11.7. The van der Waals surface area contributed by atoms with Crippen LogP contribution in [0.25, 0.3) is 16.9 Å². The van der Waals surface area contributed by atoms with Crippen LogP contribution in [0.5, 0.6) is 0 Å². The molecule has 0 saturated heterocycles. The monoisotopic (exact) mass is 418 g/mol. The molecule has 0 amide bonds. The van der Waals surface area contributed by atoms with Gasteiger partial charge in [0, 0.05) is 25.3 Å². The highest BCUT2D eigenvalue weighted by Gasteiger charge is 2.19. The van der Waals surface area contributed by atoms with Gasteiger partial charge in [0.15, 0.2) is 5.76 Å². The largest absolute Gasteiger partial charge is 0.383 e. The van der Waals surface area contributed by atoms with Crippen LogP contribution >= 0.6 is 0 Å². The fraction of sp³-hybridized carbons (Fsp3) is 0.316. The van der Waals surface area contributed by atoms with E-state index in [1.807, 2.05) is 0 Å². The molecule has 0 bridgehead atoms.